The first-order valence-corrected chi connectivity index (χ1v) is 6.09. The molecule has 0 unspecified atom stereocenters. The van der Waals surface area contributed by atoms with Crippen LogP contribution >= 0.6 is 0 Å². The molecule has 1 aliphatic rings. The van der Waals surface area contributed by atoms with Gasteiger partial charge in [0, 0.05) is 5.56 Å². The smallest absolute Gasteiger partial charge is 0.356 e. The number of hydrogen-bond donors (Lipinski definition) is 0. The van der Waals surface area contributed by atoms with E-state index in [1.165, 1.54) is 0 Å². The van der Waals surface area contributed by atoms with Gasteiger partial charge in [0.05, 0.1) is 13.0 Å². The summed E-state index contributed by atoms with van der Waals surface area (Å²) < 4.78 is 4.84. The number of oxime groups is 1. The molecule has 0 bridgehead atoms. The quantitative estimate of drug-likeness (QED) is 0.614. The number of carbonyl (C=O) groups is 2. The van der Waals surface area contributed by atoms with E-state index in [4.69, 9.17) is 9.57 Å². The lowest BCUT2D eigenvalue weighted by Crippen LogP contribution is -2.36. The highest BCUT2D eigenvalue weighted by Crippen LogP contribution is 2.28. The molecule has 0 saturated heterocycles. The highest BCUT2D eigenvalue weighted by molar-refractivity contribution is 6.37. The van der Waals surface area contributed by atoms with E-state index in [1.807, 2.05) is 6.07 Å². The van der Waals surface area contributed by atoms with Gasteiger partial charge in [-0.2, -0.15) is 0 Å². The molecule has 100 valence electrons. The summed E-state index contributed by atoms with van der Waals surface area (Å²) >= 11 is 0. The zero-order valence-corrected chi connectivity index (χ0v) is 10.9. The summed E-state index contributed by atoms with van der Waals surface area (Å²) in [5.41, 5.74) is -0.456. The van der Waals surface area contributed by atoms with Crippen molar-refractivity contribution in [3.63, 3.8) is 0 Å². The number of hydrogen-bond acceptors (Lipinski definition) is 5. The Hall–Kier alpha value is -2.17. The molecule has 0 amide bonds. The Balaban J connectivity index is 2.11. The fourth-order valence-corrected chi connectivity index (χ4v) is 1.88. The Morgan fingerprint density at radius 1 is 1.37 bits per heavy atom. The summed E-state index contributed by atoms with van der Waals surface area (Å²) in [7, 11) is 0. The van der Waals surface area contributed by atoms with Crippen molar-refractivity contribution in [3.05, 3.63) is 35.9 Å². The van der Waals surface area contributed by atoms with Crippen LogP contribution in [-0.2, 0) is 14.4 Å². The molecule has 5 heteroatoms. The maximum atomic E-state index is 12.3. The average Bonchev–Trinajstić information content (AvgIpc) is 2.83. The third kappa shape index (κ3) is 2.65. The third-order valence-electron chi connectivity index (χ3n) is 2.89. The van der Waals surface area contributed by atoms with Gasteiger partial charge in [0.1, 0.15) is 0 Å². The molecule has 0 aromatic heterocycles. The number of rotatable bonds is 4. The molecule has 0 spiro atoms. The van der Waals surface area contributed by atoms with E-state index >= 15 is 0 Å². The van der Waals surface area contributed by atoms with Crippen LogP contribution in [0.4, 0.5) is 0 Å². The summed E-state index contributed by atoms with van der Waals surface area (Å²) in [6.45, 7) is 3.60. The maximum Gasteiger partial charge on any atom is 0.356 e. The molecular formula is C14H15NO4. The van der Waals surface area contributed by atoms with Crippen LogP contribution in [0.1, 0.15) is 30.6 Å². The van der Waals surface area contributed by atoms with Crippen LogP contribution in [0.5, 0.6) is 0 Å². The zero-order valence-electron chi connectivity index (χ0n) is 10.9. The average molecular weight is 261 g/mol. The Bertz CT molecular complexity index is 524. The summed E-state index contributed by atoms with van der Waals surface area (Å²) in [6.07, 6.45) is 0.125. The van der Waals surface area contributed by atoms with Gasteiger partial charge in [-0.15, -0.1) is 0 Å². The molecule has 1 heterocycles. The molecular weight excluding hydrogens is 246 g/mol. The number of carbonyl (C=O) groups excluding carboxylic acids is 2. The van der Waals surface area contributed by atoms with Gasteiger partial charge < -0.3 is 9.57 Å². The lowest BCUT2D eigenvalue weighted by Gasteiger charge is -2.19. The Morgan fingerprint density at radius 2 is 2.05 bits per heavy atom. The molecule has 19 heavy (non-hydrogen) atoms. The Morgan fingerprint density at radius 3 is 2.68 bits per heavy atom. The van der Waals surface area contributed by atoms with Crippen molar-refractivity contribution in [1.82, 2.24) is 0 Å². The second kappa shape index (κ2) is 5.22. The number of benzene rings is 1. The second-order valence-electron chi connectivity index (χ2n) is 4.45. The van der Waals surface area contributed by atoms with E-state index in [-0.39, 0.29) is 24.5 Å². The lowest BCUT2D eigenvalue weighted by molar-refractivity contribution is -0.135. The Kier molecular flexibility index (Phi) is 3.64. The van der Waals surface area contributed by atoms with E-state index in [0.717, 1.165) is 0 Å². The third-order valence-corrected chi connectivity index (χ3v) is 2.89. The standard InChI is InChI=1S/C14H15NO4/c1-3-18-13(17)11-9-14(2,19-15-11)12(16)10-7-5-4-6-8-10/h4-8H,3,9H2,1-2H3/t14-/m0/s1. The lowest BCUT2D eigenvalue weighted by atomic mass is 9.90. The predicted octanol–water partition coefficient (Wildman–Crippen LogP) is 1.97. The second-order valence-corrected chi connectivity index (χ2v) is 4.45. The van der Waals surface area contributed by atoms with Crippen molar-refractivity contribution in [2.45, 2.75) is 25.9 Å². The first-order valence-electron chi connectivity index (χ1n) is 6.09. The SMILES string of the molecule is CCOC(=O)C1=NO[C@](C)(C(=O)c2ccccc2)C1. The molecule has 0 N–H and O–H groups in total. The molecule has 0 radical (unpaired) electrons. The molecule has 0 saturated carbocycles. The van der Waals surface area contributed by atoms with Crippen molar-refractivity contribution < 1.29 is 19.2 Å². The van der Waals surface area contributed by atoms with Crippen LogP contribution < -0.4 is 0 Å². The molecule has 2 rings (SSSR count). The minimum Gasteiger partial charge on any atom is -0.461 e. The van der Waals surface area contributed by atoms with Crippen LogP contribution in [0.15, 0.2) is 35.5 Å². The van der Waals surface area contributed by atoms with Crippen LogP contribution in [0.3, 0.4) is 0 Å². The number of ether oxygens (including phenoxy) is 1. The maximum absolute atomic E-state index is 12.3. The number of Topliss-reactive ketones (excluding diaryl/α,β-unsaturated/α-hetero) is 1. The molecule has 1 aromatic carbocycles. The molecule has 1 aromatic rings. The van der Waals surface area contributed by atoms with Gasteiger partial charge in [0.2, 0.25) is 11.4 Å². The van der Waals surface area contributed by atoms with Crippen LogP contribution in [0, 0.1) is 0 Å². The minimum atomic E-state index is -1.14. The summed E-state index contributed by atoms with van der Waals surface area (Å²) in [6, 6.07) is 8.80. The fraction of sp³-hybridized carbons (Fsp3) is 0.357. The number of ketones is 1. The largest absolute Gasteiger partial charge is 0.461 e. The van der Waals surface area contributed by atoms with Gasteiger partial charge in [-0.1, -0.05) is 35.5 Å². The van der Waals surface area contributed by atoms with E-state index in [0.29, 0.717) is 5.56 Å². The van der Waals surface area contributed by atoms with Gasteiger partial charge in [-0.05, 0) is 13.8 Å². The number of nitrogens with zero attached hydrogens (tertiary/aromatic N) is 1. The number of esters is 1. The highest BCUT2D eigenvalue weighted by Gasteiger charge is 2.44. The van der Waals surface area contributed by atoms with E-state index < -0.39 is 11.6 Å². The zero-order chi connectivity index (χ0) is 13.9. The van der Waals surface area contributed by atoms with Crippen molar-refractivity contribution >= 4 is 17.5 Å². The summed E-state index contributed by atoms with van der Waals surface area (Å²) in [4.78, 5) is 29.1. The molecule has 5 nitrogen and oxygen atoms in total. The van der Waals surface area contributed by atoms with Crippen molar-refractivity contribution in [2.75, 3.05) is 6.61 Å². The monoisotopic (exact) mass is 261 g/mol. The van der Waals surface area contributed by atoms with Crippen molar-refractivity contribution in [1.29, 1.82) is 0 Å². The van der Waals surface area contributed by atoms with Crippen LogP contribution in [-0.4, -0.2) is 29.7 Å². The first kappa shape index (κ1) is 13.3. The molecule has 0 fully saturated rings. The normalized spacial score (nSPS) is 21.5. The molecule has 1 atom stereocenters. The minimum absolute atomic E-state index is 0.125. The first-order chi connectivity index (χ1) is 9.07. The van der Waals surface area contributed by atoms with Gasteiger partial charge in [-0.25, -0.2) is 4.79 Å². The fourth-order valence-electron chi connectivity index (χ4n) is 1.88. The molecule has 0 aliphatic carbocycles. The highest BCUT2D eigenvalue weighted by atomic mass is 16.7. The summed E-state index contributed by atoms with van der Waals surface area (Å²) in [5.74, 6) is -0.733. The van der Waals surface area contributed by atoms with Gasteiger partial charge >= 0.3 is 5.97 Å². The van der Waals surface area contributed by atoms with Gasteiger partial charge in [0.25, 0.3) is 0 Å². The van der Waals surface area contributed by atoms with Gasteiger partial charge in [0.15, 0.2) is 5.71 Å². The van der Waals surface area contributed by atoms with Crippen LogP contribution in [0.2, 0.25) is 0 Å². The van der Waals surface area contributed by atoms with Crippen molar-refractivity contribution in [3.8, 4) is 0 Å². The summed E-state index contributed by atoms with van der Waals surface area (Å²) in [5, 5.41) is 3.68. The topological polar surface area (TPSA) is 65.0 Å². The van der Waals surface area contributed by atoms with Crippen LogP contribution in [0.25, 0.3) is 0 Å². The Labute approximate surface area is 111 Å². The van der Waals surface area contributed by atoms with E-state index in [1.54, 1.807) is 38.1 Å². The van der Waals surface area contributed by atoms with E-state index in [9.17, 15) is 9.59 Å². The predicted molar refractivity (Wildman–Crippen MR) is 68.9 cm³/mol. The molecule has 1 aliphatic heterocycles. The van der Waals surface area contributed by atoms with Crippen molar-refractivity contribution in [2.24, 2.45) is 5.16 Å². The van der Waals surface area contributed by atoms with Gasteiger partial charge in [-0.3, -0.25) is 4.79 Å². The van der Waals surface area contributed by atoms with E-state index in [2.05, 4.69) is 5.16 Å².